The maximum absolute atomic E-state index is 12.2. The van der Waals surface area contributed by atoms with E-state index < -0.39 is 15.8 Å². The molecule has 2 atom stereocenters. The molecule has 0 bridgehead atoms. The highest BCUT2D eigenvalue weighted by molar-refractivity contribution is 8.15. The normalized spacial score (nSPS) is 23.0. The number of carboxylic acids is 1. The highest BCUT2D eigenvalue weighted by Gasteiger charge is 2.48. The van der Waals surface area contributed by atoms with E-state index in [-0.39, 0.29) is 48.0 Å². The predicted octanol–water partition coefficient (Wildman–Crippen LogP) is 1.60. The van der Waals surface area contributed by atoms with Crippen molar-refractivity contribution in [2.45, 2.75) is 37.0 Å². The lowest BCUT2D eigenvalue weighted by Crippen LogP contribution is -2.39. The van der Waals surface area contributed by atoms with Gasteiger partial charge in [-0.3, -0.25) is 9.59 Å². The summed E-state index contributed by atoms with van der Waals surface area (Å²) >= 11 is 1.32. The minimum Gasteiger partial charge on any atom is -0.493 e. The molecular formula is C20H26N2O7S2. The van der Waals surface area contributed by atoms with Gasteiger partial charge in [0.25, 0.3) is 0 Å². The Morgan fingerprint density at radius 1 is 1.19 bits per heavy atom. The lowest BCUT2D eigenvalue weighted by Gasteiger charge is -2.24. The number of amidine groups is 1. The Labute approximate surface area is 185 Å². The molecule has 170 valence electrons. The van der Waals surface area contributed by atoms with E-state index in [1.807, 2.05) is 23.1 Å². The van der Waals surface area contributed by atoms with Crippen LogP contribution in [0.4, 0.5) is 0 Å². The van der Waals surface area contributed by atoms with E-state index in [2.05, 4.69) is 4.99 Å². The second kappa shape index (κ2) is 9.90. The monoisotopic (exact) mass is 470 g/mol. The summed E-state index contributed by atoms with van der Waals surface area (Å²) in [7, 11) is 0.00743. The van der Waals surface area contributed by atoms with Gasteiger partial charge in [0.2, 0.25) is 5.91 Å². The lowest BCUT2D eigenvalue weighted by atomic mass is 10.1. The molecule has 31 heavy (non-hydrogen) atoms. The lowest BCUT2D eigenvalue weighted by molar-refractivity contribution is -0.137. The molecule has 1 aromatic carbocycles. The number of thioether (sulfide) groups is 1. The van der Waals surface area contributed by atoms with E-state index >= 15 is 0 Å². The second-order valence-corrected chi connectivity index (χ2v) is 10.8. The van der Waals surface area contributed by atoms with Crippen molar-refractivity contribution in [3.63, 3.8) is 0 Å². The van der Waals surface area contributed by atoms with Crippen molar-refractivity contribution in [2.24, 2.45) is 4.99 Å². The van der Waals surface area contributed by atoms with Crippen LogP contribution in [0.3, 0.4) is 0 Å². The second-order valence-electron chi connectivity index (χ2n) is 7.47. The van der Waals surface area contributed by atoms with Gasteiger partial charge in [0.05, 0.1) is 31.8 Å². The summed E-state index contributed by atoms with van der Waals surface area (Å²) in [4.78, 5) is 29.0. The van der Waals surface area contributed by atoms with Gasteiger partial charge < -0.3 is 19.5 Å². The molecule has 0 saturated carbocycles. The van der Waals surface area contributed by atoms with Gasteiger partial charge in [-0.1, -0.05) is 17.8 Å². The molecule has 2 saturated heterocycles. The van der Waals surface area contributed by atoms with Crippen molar-refractivity contribution < 1.29 is 32.6 Å². The number of amides is 1. The highest BCUT2D eigenvalue weighted by atomic mass is 32.2. The molecule has 1 aromatic rings. The van der Waals surface area contributed by atoms with Crippen molar-refractivity contribution in [2.75, 3.05) is 32.3 Å². The fourth-order valence-corrected chi connectivity index (χ4v) is 7.73. The summed E-state index contributed by atoms with van der Waals surface area (Å²) in [6, 6.07) is 5.39. The highest BCUT2D eigenvalue weighted by Crippen LogP contribution is 2.38. The van der Waals surface area contributed by atoms with Crippen LogP contribution in [0.2, 0.25) is 0 Å². The Morgan fingerprint density at radius 3 is 2.61 bits per heavy atom. The van der Waals surface area contributed by atoms with Crippen LogP contribution in [-0.4, -0.2) is 79.0 Å². The van der Waals surface area contributed by atoms with E-state index in [1.54, 1.807) is 14.2 Å². The van der Waals surface area contributed by atoms with Crippen LogP contribution in [0.15, 0.2) is 23.2 Å². The average Bonchev–Trinajstić information content (AvgIpc) is 3.16. The van der Waals surface area contributed by atoms with Crippen molar-refractivity contribution in [3.05, 3.63) is 23.8 Å². The number of benzene rings is 1. The van der Waals surface area contributed by atoms with Crippen molar-refractivity contribution in [3.8, 4) is 11.5 Å². The van der Waals surface area contributed by atoms with Crippen LogP contribution in [0.5, 0.6) is 11.5 Å². The Hall–Kier alpha value is -2.27. The van der Waals surface area contributed by atoms with Gasteiger partial charge in [-0.05, 0) is 30.5 Å². The van der Waals surface area contributed by atoms with E-state index in [0.717, 1.165) is 5.56 Å². The Balaban J connectivity index is 1.74. The Kier molecular flexibility index (Phi) is 7.47. The van der Waals surface area contributed by atoms with Gasteiger partial charge in [-0.2, -0.15) is 4.99 Å². The van der Waals surface area contributed by atoms with Crippen LogP contribution in [0, 0.1) is 0 Å². The molecule has 2 fully saturated rings. The van der Waals surface area contributed by atoms with Crippen molar-refractivity contribution in [1.29, 1.82) is 0 Å². The summed E-state index contributed by atoms with van der Waals surface area (Å²) < 4.78 is 34.8. The standard InChI is InChI=1S/C20H26N2O7S2/c1-28-15-7-6-13(10-16(15)29-2)8-9-22-14-11-31(26,27)12-17(14)30-20(22)21-18(23)4-3-5-19(24)25/h6-7,10,14,17H,3-5,8-9,11-12H2,1-2H3,(H,24,25). The van der Waals surface area contributed by atoms with Gasteiger partial charge in [-0.15, -0.1) is 0 Å². The molecule has 0 spiro atoms. The van der Waals surface area contributed by atoms with Gasteiger partial charge in [0.1, 0.15) is 0 Å². The number of sulfone groups is 1. The topological polar surface area (TPSA) is 123 Å². The first-order chi connectivity index (χ1) is 14.7. The average molecular weight is 471 g/mol. The number of fused-ring (bicyclic) bond motifs is 1. The van der Waals surface area contributed by atoms with Gasteiger partial charge >= 0.3 is 5.97 Å². The molecule has 0 aromatic heterocycles. The van der Waals surface area contributed by atoms with E-state index in [9.17, 15) is 18.0 Å². The fraction of sp³-hybridized carbons (Fsp3) is 0.550. The molecule has 9 nitrogen and oxygen atoms in total. The predicted molar refractivity (Wildman–Crippen MR) is 118 cm³/mol. The third kappa shape index (κ3) is 5.91. The first-order valence-electron chi connectivity index (χ1n) is 9.90. The van der Waals surface area contributed by atoms with Gasteiger partial charge in [0, 0.05) is 24.6 Å². The molecule has 2 heterocycles. The van der Waals surface area contributed by atoms with Gasteiger partial charge in [0.15, 0.2) is 26.5 Å². The zero-order valence-electron chi connectivity index (χ0n) is 17.4. The number of carbonyl (C=O) groups excluding carboxylic acids is 1. The first-order valence-corrected chi connectivity index (χ1v) is 12.6. The minimum absolute atomic E-state index is 0.0445. The summed E-state index contributed by atoms with van der Waals surface area (Å²) in [5, 5.41) is 9.09. The number of carboxylic acid groups (broad SMARTS) is 1. The number of rotatable bonds is 9. The summed E-state index contributed by atoms with van der Waals surface area (Å²) in [6.45, 7) is 0.500. The van der Waals surface area contributed by atoms with Gasteiger partial charge in [-0.25, -0.2) is 8.42 Å². The summed E-state index contributed by atoms with van der Waals surface area (Å²) in [5.41, 5.74) is 0.985. The third-order valence-corrected chi connectivity index (χ3v) is 8.51. The number of nitrogens with zero attached hydrogens (tertiary/aromatic N) is 2. The first kappa shape index (κ1) is 23.4. The van der Waals surface area contributed by atoms with Crippen LogP contribution < -0.4 is 9.47 Å². The molecule has 0 radical (unpaired) electrons. The number of hydrogen-bond acceptors (Lipinski definition) is 7. The largest absolute Gasteiger partial charge is 0.493 e. The fourth-order valence-electron chi connectivity index (χ4n) is 3.74. The number of carbonyl (C=O) groups is 2. The zero-order chi connectivity index (χ0) is 22.6. The maximum Gasteiger partial charge on any atom is 0.303 e. The molecular weight excluding hydrogens is 444 g/mol. The van der Waals surface area contributed by atoms with Crippen LogP contribution in [-0.2, 0) is 25.8 Å². The van der Waals surface area contributed by atoms with E-state index in [1.165, 1.54) is 11.8 Å². The molecule has 3 rings (SSSR count). The molecule has 1 N–H and O–H groups in total. The van der Waals surface area contributed by atoms with E-state index in [4.69, 9.17) is 14.6 Å². The number of aliphatic imine (C=N–C) groups is 1. The number of aliphatic carboxylic acids is 1. The minimum atomic E-state index is -3.12. The number of hydrogen-bond donors (Lipinski definition) is 1. The molecule has 1 amide bonds. The van der Waals surface area contributed by atoms with Crippen molar-refractivity contribution >= 4 is 38.6 Å². The quantitative estimate of drug-likeness (QED) is 0.573. The molecule has 2 aliphatic heterocycles. The summed E-state index contributed by atoms with van der Waals surface area (Å²) in [6.07, 6.45) is 0.794. The molecule has 2 aliphatic rings. The smallest absolute Gasteiger partial charge is 0.303 e. The molecule has 2 unspecified atom stereocenters. The maximum atomic E-state index is 12.2. The number of methoxy groups -OCH3 is 2. The third-order valence-electron chi connectivity index (χ3n) is 5.27. The molecule has 11 heteroatoms. The Bertz CT molecular complexity index is 978. The van der Waals surface area contributed by atoms with Crippen LogP contribution in [0.25, 0.3) is 0 Å². The number of ether oxygens (including phenoxy) is 2. The van der Waals surface area contributed by atoms with E-state index in [0.29, 0.717) is 29.6 Å². The van der Waals surface area contributed by atoms with Crippen LogP contribution in [0.1, 0.15) is 24.8 Å². The summed E-state index contributed by atoms with van der Waals surface area (Å²) in [5.74, 6) is 0.0120. The van der Waals surface area contributed by atoms with Crippen LogP contribution >= 0.6 is 11.8 Å². The molecule has 0 aliphatic carbocycles. The van der Waals surface area contributed by atoms with Crippen molar-refractivity contribution in [1.82, 2.24) is 4.90 Å². The zero-order valence-corrected chi connectivity index (χ0v) is 19.1. The SMILES string of the molecule is COc1ccc(CCN2C(=NC(=O)CCCC(=O)O)SC3CS(=O)(=O)CC32)cc1OC. The Morgan fingerprint density at radius 2 is 1.94 bits per heavy atom.